The van der Waals surface area contributed by atoms with Gasteiger partial charge in [0, 0.05) is 0 Å². The first-order valence-corrected chi connectivity index (χ1v) is 3.91. The molecule has 1 N–H and O–H groups in total. The summed E-state index contributed by atoms with van der Waals surface area (Å²) in [6.45, 7) is 3.05. The van der Waals surface area contributed by atoms with Gasteiger partial charge in [0.05, 0.1) is 13.2 Å². The minimum absolute atomic E-state index is 0.431. The van der Waals surface area contributed by atoms with Crippen molar-refractivity contribution in [3.05, 3.63) is 29.8 Å². The van der Waals surface area contributed by atoms with Gasteiger partial charge in [0.2, 0.25) is 0 Å². The lowest BCUT2D eigenvalue weighted by Crippen LogP contribution is -1.91. The van der Waals surface area contributed by atoms with Gasteiger partial charge in [-0.15, -0.1) is 0 Å². The Morgan fingerprint density at radius 3 is 3.00 bits per heavy atom. The number of rotatable bonds is 4. The van der Waals surface area contributed by atoms with Crippen LogP contribution in [0, 0.1) is 5.53 Å². The summed E-state index contributed by atoms with van der Waals surface area (Å²) < 4.78 is 5.29. The van der Waals surface area contributed by atoms with E-state index in [4.69, 9.17) is 10.3 Å². The van der Waals surface area contributed by atoms with Crippen molar-refractivity contribution >= 4 is 0 Å². The number of nitrogens with zero attached hydrogens (tertiary/aromatic N) is 1. The second-order valence-electron chi connectivity index (χ2n) is 2.40. The van der Waals surface area contributed by atoms with Gasteiger partial charge in [0.1, 0.15) is 5.75 Å². The molecule has 3 nitrogen and oxygen atoms in total. The molecule has 0 radical (unpaired) electrons. The molecule has 64 valence electrons. The fourth-order valence-corrected chi connectivity index (χ4v) is 0.992. The molecule has 0 saturated carbocycles. The van der Waals surface area contributed by atoms with Crippen molar-refractivity contribution in [2.75, 3.05) is 6.61 Å². The third-order valence-electron chi connectivity index (χ3n) is 1.47. The summed E-state index contributed by atoms with van der Waals surface area (Å²) in [6.07, 6.45) is 0. The van der Waals surface area contributed by atoms with Gasteiger partial charge in [-0.3, -0.25) is 0 Å². The molecule has 0 spiro atoms. The minimum Gasteiger partial charge on any atom is -0.494 e. The molecule has 1 aromatic rings. The van der Waals surface area contributed by atoms with Crippen molar-refractivity contribution < 1.29 is 4.74 Å². The maximum absolute atomic E-state index is 6.70. The first-order valence-electron chi connectivity index (χ1n) is 3.91. The Bertz CT molecular complexity index is 260. The Labute approximate surface area is 71.9 Å². The Kier molecular flexibility index (Phi) is 3.26. The topological polar surface area (TPSA) is 45.4 Å². The molecule has 0 fully saturated rings. The lowest BCUT2D eigenvalue weighted by Gasteiger charge is -2.03. The quantitative estimate of drug-likeness (QED) is 0.683. The second-order valence-corrected chi connectivity index (χ2v) is 2.40. The summed E-state index contributed by atoms with van der Waals surface area (Å²) in [6, 6.07) is 7.64. The average molecular weight is 164 g/mol. The zero-order valence-corrected chi connectivity index (χ0v) is 7.08. The molecule has 0 amide bonds. The zero-order valence-electron chi connectivity index (χ0n) is 7.08. The Morgan fingerprint density at radius 1 is 1.50 bits per heavy atom. The molecule has 1 aromatic carbocycles. The van der Waals surface area contributed by atoms with Crippen LogP contribution in [0.4, 0.5) is 0 Å². The molecule has 0 aromatic heterocycles. The number of hydrogen-bond donors (Lipinski definition) is 1. The summed E-state index contributed by atoms with van der Waals surface area (Å²) in [5, 5.41) is 3.30. The number of benzene rings is 1. The molecule has 12 heavy (non-hydrogen) atoms. The van der Waals surface area contributed by atoms with E-state index >= 15 is 0 Å². The van der Waals surface area contributed by atoms with E-state index in [1.54, 1.807) is 0 Å². The van der Waals surface area contributed by atoms with Crippen LogP contribution in [0.15, 0.2) is 29.4 Å². The van der Waals surface area contributed by atoms with Gasteiger partial charge < -0.3 is 4.74 Å². The lowest BCUT2D eigenvalue weighted by atomic mass is 10.2. The zero-order chi connectivity index (χ0) is 8.81. The van der Waals surface area contributed by atoms with E-state index in [1.165, 1.54) is 0 Å². The first-order chi connectivity index (χ1) is 5.86. The van der Waals surface area contributed by atoms with E-state index in [9.17, 15) is 0 Å². The van der Waals surface area contributed by atoms with Gasteiger partial charge in [-0.05, 0) is 24.6 Å². The van der Waals surface area contributed by atoms with Gasteiger partial charge in [-0.2, -0.15) is 5.11 Å². The van der Waals surface area contributed by atoms with Crippen LogP contribution >= 0.6 is 0 Å². The Balaban J connectivity index is 2.73. The summed E-state index contributed by atoms with van der Waals surface area (Å²) in [5.41, 5.74) is 7.71. The summed E-state index contributed by atoms with van der Waals surface area (Å²) in [7, 11) is 0. The first kappa shape index (κ1) is 8.71. The highest BCUT2D eigenvalue weighted by Gasteiger charge is 1.94. The fraction of sp³-hybridized carbons (Fsp3) is 0.333. The van der Waals surface area contributed by atoms with Crippen LogP contribution in [-0.2, 0) is 6.54 Å². The van der Waals surface area contributed by atoms with Crippen LogP contribution in [0.2, 0.25) is 0 Å². The summed E-state index contributed by atoms with van der Waals surface area (Å²) >= 11 is 0. The fourth-order valence-electron chi connectivity index (χ4n) is 0.992. The van der Waals surface area contributed by atoms with Gasteiger partial charge in [0.15, 0.2) is 0 Å². The molecule has 0 unspecified atom stereocenters. The van der Waals surface area contributed by atoms with E-state index in [2.05, 4.69) is 5.11 Å². The second kappa shape index (κ2) is 4.49. The highest BCUT2D eigenvalue weighted by atomic mass is 16.5. The van der Waals surface area contributed by atoms with Crippen LogP contribution < -0.4 is 4.74 Å². The molecule has 0 bridgehead atoms. The van der Waals surface area contributed by atoms with Crippen molar-refractivity contribution in [2.24, 2.45) is 5.11 Å². The number of hydrogen-bond acceptors (Lipinski definition) is 3. The molecule has 3 heteroatoms. The molecular formula is C9H12N2O. The van der Waals surface area contributed by atoms with Crippen molar-refractivity contribution in [1.29, 1.82) is 5.53 Å². The van der Waals surface area contributed by atoms with Crippen LogP contribution in [0.5, 0.6) is 5.75 Å². The maximum Gasteiger partial charge on any atom is 0.119 e. The molecule has 0 aliphatic heterocycles. The van der Waals surface area contributed by atoms with E-state index in [0.717, 1.165) is 11.3 Å². The van der Waals surface area contributed by atoms with Gasteiger partial charge in [-0.25, -0.2) is 5.53 Å². The van der Waals surface area contributed by atoms with Crippen molar-refractivity contribution in [2.45, 2.75) is 13.5 Å². The minimum atomic E-state index is 0.431. The molecule has 0 aliphatic carbocycles. The summed E-state index contributed by atoms with van der Waals surface area (Å²) in [5.74, 6) is 0.846. The normalized spacial score (nSPS) is 9.42. The number of ether oxygens (including phenoxy) is 1. The molecule has 0 heterocycles. The third kappa shape index (κ3) is 2.34. The van der Waals surface area contributed by atoms with Crippen LogP contribution in [0.25, 0.3) is 0 Å². The predicted octanol–water partition coefficient (Wildman–Crippen LogP) is 2.62. The molecular weight excluding hydrogens is 152 g/mol. The number of nitrogens with one attached hydrogen (secondary N) is 1. The highest BCUT2D eigenvalue weighted by Crippen LogP contribution is 2.13. The van der Waals surface area contributed by atoms with Crippen LogP contribution in [0.1, 0.15) is 12.5 Å². The van der Waals surface area contributed by atoms with Crippen molar-refractivity contribution in [1.82, 2.24) is 0 Å². The largest absolute Gasteiger partial charge is 0.494 e. The molecule has 0 saturated heterocycles. The maximum atomic E-state index is 6.70. The molecule has 0 atom stereocenters. The van der Waals surface area contributed by atoms with Crippen molar-refractivity contribution in [3.8, 4) is 5.75 Å². The third-order valence-corrected chi connectivity index (χ3v) is 1.47. The standard InChI is InChI=1S/C9H12N2O/c1-2-12-9-5-3-4-8(6-9)7-11-10/h3-6,10H,2,7H2,1H3. The van der Waals surface area contributed by atoms with Gasteiger partial charge >= 0.3 is 0 Å². The van der Waals surface area contributed by atoms with Crippen LogP contribution in [-0.4, -0.2) is 6.61 Å². The molecule has 0 aliphatic rings. The predicted molar refractivity (Wildman–Crippen MR) is 46.5 cm³/mol. The van der Waals surface area contributed by atoms with Crippen molar-refractivity contribution in [3.63, 3.8) is 0 Å². The Morgan fingerprint density at radius 2 is 2.33 bits per heavy atom. The van der Waals surface area contributed by atoms with E-state index in [-0.39, 0.29) is 0 Å². The van der Waals surface area contributed by atoms with E-state index in [0.29, 0.717) is 13.2 Å². The van der Waals surface area contributed by atoms with E-state index < -0.39 is 0 Å². The smallest absolute Gasteiger partial charge is 0.119 e. The van der Waals surface area contributed by atoms with E-state index in [1.807, 2.05) is 31.2 Å². The highest BCUT2D eigenvalue weighted by molar-refractivity contribution is 5.28. The SMILES string of the molecule is CCOc1cccc(CN=N)c1. The summed E-state index contributed by atoms with van der Waals surface area (Å²) in [4.78, 5) is 0. The molecule has 1 rings (SSSR count). The monoisotopic (exact) mass is 164 g/mol. The van der Waals surface area contributed by atoms with Gasteiger partial charge in [0.25, 0.3) is 0 Å². The lowest BCUT2D eigenvalue weighted by molar-refractivity contribution is 0.340. The van der Waals surface area contributed by atoms with Gasteiger partial charge in [-0.1, -0.05) is 12.1 Å². The van der Waals surface area contributed by atoms with Crippen LogP contribution in [0.3, 0.4) is 0 Å². The Hall–Kier alpha value is -1.38. The average Bonchev–Trinajstić information content (AvgIpc) is 2.06.